The lowest BCUT2D eigenvalue weighted by Crippen LogP contribution is -2.50. The van der Waals surface area contributed by atoms with E-state index < -0.39 is 5.82 Å². The summed E-state index contributed by atoms with van der Waals surface area (Å²) in [6.07, 6.45) is 3.24. The normalized spacial score (nSPS) is 15.0. The Bertz CT molecular complexity index is 874. The van der Waals surface area contributed by atoms with Crippen LogP contribution in [0.1, 0.15) is 5.69 Å². The molecule has 8 nitrogen and oxygen atoms in total. The van der Waals surface area contributed by atoms with Crippen LogP contribution in [0, 0.1) is 5.82 Å². The Morgan fingerprint density at radius 1 is 1.34 bits per heavy atom. The number of nitrogens with one attached hydrogen (secondary N) is 1. The molecule has 0 spiro atoms. The van der Waals surface area contributed by atoms with Crippen molar-refractivity contribution in [3.63, 3.8) is 0 Å². The molecule has 1 aromatic carbocycles. The van der Waals surface area contributed by atoms with Crippen LogP contribution in [-0.2, 0) is 11.3 Å². The predicted molar refractivity (Wildman–Crippen MR) is 111 cm³/mol. The molecule has 0 radical (unpaired) electrons. The third-order valence-corrected chi connectivity index (χ3v) is 4.65. The van der Waals surface area contributed by atoms with Crippen LogP contribution in [0.15, 0.2) is 54.5 Å². The first-order chi connectivity index (χ1) is 14.0. The molecule has 0 aliphatic carbocycles. The molecule has 1 amide bonds. The molecule has 0 atom stereocenters. The van der Waals surface area contributed by atoms with Crippen molar-refractivity contribution in [2.75, 3.05) is 43.1 Å². The van der Waals surface area contributed by atoms with Gasteiger partial charge in [0, 0.05) is 43.8 Å². The molecular weight excluding hydrogens is 373 g/mol. The average Bonchev–Trinajstić information content (AvgIpc) is 2.70. The molecule has 154 valence electrons. The van der Waals surface area contributed by atoms with Gasteiger partial charge in [0.15, 0.2) is 0 Å². The maximum absolute atomic E-state index is 14.7. The Kier molecular flexibility index (Phi) is 6.63. The van der Waals surface area contributed by atoms with Gasteiger partial charge in [-0.15, -0.1) is 0 Å². The highest BCUT2D eigenvalue weighted by molar-refractivity contribution is 5.83. The average molecular weight is 399 g/mol. The number of pyridine rings is 1. The number of carbonyl (C=O) groups excluding carboxylic acids is 1. The van der Waals surface area contributed by atoms with Crippen LogP contribution >= 0.6 is 0 Å². The molecule has 0 unspecified atom stereocenters. The molecule has 29 heavy (non-hydrogen) atoms. The Morgan fingerprint density at radius 2 is 2.17 bits per heavy atom. The van der Waals surface area contributed by atoms with E-state index in [4.69, 9.17) is 11.6 Å². The van der Waals surface area contributed by atoms with Crippen molar-refractivity contribution in [3.05, 3.63) is 66.0 Å². The minimum Gasteiger partial charge on any atom is -0.400 e. The van der Waals surface area contributed by atoms with Crippen LogP contribution < -0.4 is 26.8 Å². The van der Waals surface area contributed by atoms with Gasteiger partial charge in [0.05, 0.1) is 30.2 Å². The van der Waals surface area contributed by atoms with Crippen LogP contribution in [0.4, 0.5) is 15.8 Å². The van der Waals surface area contributed by atoms with Crippen LogP contribution in [-0.4, -0.2) is 49.0 Å². The second-order valence-electron chi connectivity index (χ2n) is 6.84. The molecule has 2 heterocycles. The second kappa shape index (κ2) is 9.35. The first kappa shape index (κ1) is 20.6. The molecular formula is C20H26FN7O. The number of nitrogens with two attached hydrogens (primary N) is 2. The standard InChI is InChI=1S/C20H26FN7O/c1-24-11-15(22)12-28(23)17-5-6-19(18(21)10-17)26-8-9-27(20(29)14-26)13-16-4-2-3-7-25-16/h2-7,10,12,24H,8-9,11,13-14,22-23H2,1H3/b15-12-. The summed E-state index contributed by atoms with van der Waals surface area (Å²) in [5, 5.41) is 4.19. The number of benzene rings is 1. The largest absolute Gasteiger partial charge is 0.400 e. The number of hydrogen-bond acceptors (Lipinski definition) is 7. The minimum absolute atomic E-state index is 0.0615. The van der Waals surface area contributed by atoms with E-state index in [-0.39, 0.29) is 12.5 Å². The van der Waals surface area contributed by atoms with E-state index in [1.807, 2.05) is 18.2 Å². The SMILES string of the molecule is CNC/C(N)=C/N(N)c1ccc(N2CCN(Cc3ccccn3)C(=O)C2)c(F)c1. The fraction of sp³-hybridized carbons (Fsp3) is 0.300. The first-order valence-electron chi connectivity index (χ1n) is 9.35. The lowest BCUT2D eigenvalue weighted by molar-refractivity contribution is -0.131. The number of hydrazine groups is 1. The number of hydrogen-bond donors (Lipinski definition) is 3. The summed E-state index contributed by atoms with van der Waals surface area (Å²) in [6.45, 7) is 2.08. The van der Waals surface area contributed by atoms with Crippen molar-refractivity contribution in [1.29, 1.82) is 0 Å². The third-order valence-electron chi connectivity index (χ3n) is 4.65. The summed E-state index contributed by atoms with van der Waals surface area (Å²) in [5.74, 6) is 5.44. The molecule has 2 aromatic rings. The Hall–Kier alpha value is -3.17. The summed E-state index contributed by atoms with van der Waals surface area (Å²) in [5.41, 5.74) is 8.01. The van der Waals surface area contributed by atoms with Crippen molar-refractivity contribution in [3.8, 4) is 0 Å². The Labute approximate surface area is 169 Å². The molecule has 1 aliphatic rings. The van der Waals surface area contributed by atoms with Crippen molar-refractivity contribution < 1.29 is 9.18 Å². The van der Waals surface area contributed by atoms with Gasteiger partial charge in [-0.25, -0.2) is 10.2 Å². The van der Waals surface area contributed by atoms with Gasteiger partial charge in [0.25, 0.3) is 0 Å². The van der Waals surface area contributed by atoms with Gasteiger partial charge >= 0.3 is 0 Å². The van der Waals surface area contributed by atoms with Crippen molar-refractivity contribution in [2.24, 2.45) is 11.6 Å². The molecule has 5 N–H and O–H groups in total. The van der Waals surface area contributed by atoms with Crippen molar-refractivity contribution in [2.45, 2.75) is 6.54 Å². The summed E-state index contributed by atoms with van der Waals surface area (Å²) in [6, 6.07) is 10.3. The van der Waals surface area contributed by atoms with E-state index in [0.29, 0.717) is 43.3 Å². The summed E-state index contributed by atoms with van der Waals surface area (Å²) >= 11 is 0. The van der Waals surface area contributed by atoms with Crippen LogP contribution in [0.2, 0.25) is 0 Å². The smallest absolute Gasteiger partial charge is 0.242 e. The van der Waals surface area contributed by atoms with Gasteiger partial charge < -0.3 is 20.9 Å². The lowest BCUT2D eigenvalue weighted by Gasteiger charge is -2.35. The van der Waals surface area contributed by atoms with Gasteiger partial charge in [-0.05, 0) is 31.3 Å². The quantitative estimate of drug-likeness (QED) is 0.467. The van der Waals surface area contributed by atoms with E-state index in [1.165, 1.54) is 17.3 Å². The molecule has 9 heteroatoms. The highest BCUT2D eigenvalue weighted by Crippen LogP contribution is 2.26. The molecule has 3 rings (SSSR count). The number of aromatic nitrogens is 1. The topological polar surface area (TPSA) is 104 Å². The molecule has 1 saturated heterocycles. The number of anilines is 2. The monoisotopic (exact) mass is 399 g/mol. The van der Waals surface area contributed by atoms with Crippen molar-refractivity contribution in [1.82, 2.24) is 15.2 Å². The van der Waals surface area contributed by atoms with E-state index in [0.717, 1.165) is 5.69 Å². The fourth-order valence-electron chi connectivity index (χ4n) is 3.18. The zero-order valence-electron chi connectivity index (χ0n) is 16.4. The Morgan fingerprint density at radius 3 is 2.83 bits per heavy atom. The number of likely N-dealkylation sites (N-methyl/N-ethyl adjacent to an activating group) is 1. The predicted octanol–water partition coefficient (Wildman–Crippen LogP) is 0.769. The van der Waals surface area contributed by atoms with Gasteiger partial charge in [-0.3, -0.25) is 14.8 Å². The van der Waals surface area contributed by atoms with E-state index in [2.05, 4.69) is 10.3 Å². The molecule has 1 aliphatic heterocycles. The van der Waals surface area contributed by atoms with Crippen LogP contribution in [0.3, 0.4) is 0 Å². The van der Waals surface area contributed by atoms with Crippen LogP contribution in [0.5, 0.6) is 0 Å². The summed E-state index contributed by atoms with van der Waals surface area (Å²) < 4.78 is 14.7. The first-order valence-corrected chi connectivity index (χ1v) is 9.35. The third kappa shape index (κ3) is 5.21. The number of nitrogens with zero attached hydrogens (tertiary/aromatic N) is 4. The van der Waals surface area contributed by atoms with E-state index >= 15 is 0 Å². The van der Waals surface area contributed by atoms with Gasteiger partial charge in [-0.2, -0.15) is 0 Å². The highest BCUT2D eigenvalue weighted by atomic mass is 19.1. The maximum Gasteiger partial charge on any atom is 0.242 e. The zero-order chi connectivity index (χ0) is 20.8. The molecule has 0 bridgehead atoms. The second-order valence-corrected chi connectivity index (χ2v) is 6.84. The number of piperazine rings is 1. The number of halogens is 1. The number of rotatable bonds is 7. The molecule has 1 aromatic heterocycles. The van der Waals surface area contributed by atoms with E-state index in [9.17, 15) is 9.18 Å². The molecule has 1 fully saturated rings. The molecule has 0 saturated carbocycles. The summed E-state index contributed by atoms with van der Waals surface area (Å²) in [7, 11) is 1.77. The Balaban J connectivity index is 1.66. The van der Waals surface area contributed by atoms with E-state index in [1.54, 1.807) is 35.2 Å². The highest BCUT2D eigenvalue weighted by Gasteiger charge is 2.26. The summed E-state index contributed by atoms with van der Waals surface area (Å²) in [4.78, 5) is 20.3. The number of carbonyl (C=O) groups is 1. The maximum atomic E-state index is 14.7. The lowest BCUT2D eigenvalue weighted by atomic mass is 10.2. The van der Waals surface area contributed by atoms with Gasteiger partial charge in [0.2, 0.25) is 5.91 Å². The fourth-order valence-corrected chi connectivity index (χ4v) is 3.18. The van der Waals surface area contributed by atoms with Gasteiger partial charge in [0.1, 0.15) is 5.82 Å². The van der Waals surface area contributed by atoms with Gasteiger partial charge in [-0.1, -0.05) is 6.07 Å². The van der Waals surface area contributed by atoms with Crippen LogP contribution in [0.25, 0.3) is 0 Å². The number of amides is 1. The zero-order valence-corrected chi connectivity index (χ0v) is 16.4. The van der Waals surface area contributed by atoms with Crippen molar-refractivity contribution >= 4 is 17.3 Å². The minimum atomic E-state index is -0.440.